The molecular weight excluding hydrogens is 170 g/mol. The Balaban J connectivity index is 2.81. The van der Waals surface area contributed by atoms with Crippen LogP contribution in [0, 0.1) is 5.41 Å². The van der Waals surface area contributed by atoms with Crippen molar-refractivity contribution in [3.8, 4) is 0 Å². The van der Waals surface area contributed by atoms with Crippen molar-refractivity contribution >= 4 is 11.8 Å². The summed E-state index contributed by atoms with van der Waals surface area (Å²) in [5.41, 5.74) is 5.91. The van der Waals surface area contributed by atoms with Crippen molar-refractivity contribution in [3.05, 3.63) is 0 Å². The van der Waals surface area contributed by atoms with E-state index in [9.17, 15) is 0 Å². The summed E-state index contributed by atoms with van der Waals surface area (Å²) in [5.74, 6) is 2.27. The lowest BCUT2D eigenvalue weighted by Gasteiger charge is -2.48. The first-order valence-corrected chi connectivity index (χ1v) is 5.56. The van der Waals surface area contributed by atoms with E-state index < -0.39 is 0 Å². The Labute approximate surface area is 79.2 Å². The second-order valence-corrected chi connectivity index (χ2v) is 5.19. The average Bonchev–Trinajstić information content (AvgIpc) is 2.05. The summed E-state index contributed by atoms with van der Waals surface area (Å²) in [6.07, 6.45) is 1.20. The molecule has 0 bridgehead atoms. The number of methoxy groups -OCH3 is 1. The predicted molar refractivity (Wildman–Crippen MR) is 54.5 cm³/mol. The van der Waals surface area contributed by atoms with E-state index in [0.717, 1.165) is 5.75 Å². The minimum Gasteiger partial charge on any atom is -0.375 e. The zero-order valence-corrected chi connectivity index (χ0v) is 9.04. The molecule has 0 aromatic heterocycles. The lowest BCUT2D eigenvalue weighted by atomic mass is 9.73. The van der Waals surface area contributed by atoms with E-state index in [1.165, 1.54) is 12.2 Å². The van der Waals surface area contributed by atoms with Crippen LogP contribution in [0.3, 0.4) is 0 Å². The van der Waals surface area contributed by atoms with Gasteiger partial charge in [-0.05, 0) is 17.6 Å². The maximum absolute atomic E-state index is 5.79. The molecule has 1 atom stereocenters. The van der Waals surface area contributed by atoms with Crippen molar-refractivity contribution in [2.75, 3.05) is 25.2 Å². The highest BCUT2D eigenvalue weighted by atomic mass is 32.2. The summed E-state index contributed by atoms with van der Waals surface area (Å²) in [6, 6.07) is 0. The highest BCUT2D eigenvalue weighted by molar-refractivity contribution is 7.99. The zero-order valence-electron chi connectivity index (χ0n) is 8.22. The zero-order chi connectivity index (χ0) is 9.24. The molecule has 1 unspecified atom stereocenters. The number of nitrogens with two attached hydrogens (primary N) is 1. The van der Waals surface area contributed by atoms with Gasteiger partial charge in [-0.25, -0.2) is 0 Å². The second-order valence-electron chi connectivity index (χ2n) is 4.09. The van der Waals surface area contributed by atoms with Crippen LogP contribution in [0.15, 0.2) is 0 Å². The molecule has 3 heteroatoms. The van der Waals surface area contributed by atoms with Gasteiger partial charge in [-0.3, -0.25) is 0 Å². The Kier molecular flexibility index (Phi) is 3.07. The second kappa shape index (κ2) is 3.56. The molecule has 1 aliphatic rings. The van der Waals surface area contributed by atoms with E-state index in [-0.39, 0.29) is 11.0 Å². The molecule has 1 rings (SSSR count). The van der Waals surface area contributed by atoms with Crippen LogP contribution < -0.4 is 5.73 Å². The number of hydrogen-bond acceptors (Lipinski definition) is 3. The average molecular weight is 189 g/mol. The highest BCUT2D eigenvalue weighted by Crippen LogP contribution is 2.43. The first-order chi connectivity index (χ1) is 5.58. The first kappa shape index (κ1) is 10.4. The molecule has 72 valence electrons. The van der Waals surface area contributed by atoms with E-state index in [1.807, 2.05) is 11.8 Å². The Hall–Kier alpha value is 0.270. The maximum Gasteiger partial charge on any atom is 0.0940 e. The fourth-order valence-electron chi connectivity index (χ4n) is 1.74. The maximum atomic E-state index is 5.79. The number of thioether (sulfide) groups is 1. The topological polar surface area (TPSA) is 35.2 Å². The van der Waals surface area contributed by atoms with Gasteiger partial charge in [0.05, 0.1) is 5.60 Å². The quantitative estimate of drug-likeness (QED) is 0.715. The van der Waals surface area contributed by atoms with Crippen LogP contribution >= 0.6 is 11.8 Å². The third-order valence-corrected chi connectivity index (χ3v) is 4.32. The number of ether oxygens (including phenoxy) is 1. The van der Waals surface area contributed by atoms with Gasteiger partial charge in [-0.2, -0.15) is 11.8 Å². The summed E-state index contributed by atoms with van der Waals surface area (Å²) >= 11 is 1.95. The van der Waals surface area contributed by atoms with Gasteiger partial charge >= 0.3 is 0 Å². The van der Waals surface area contributed by atoms with Crippen molar-refractivity contribution in [2.45, 2.75) is 25.9 Å². The molecule has 0 aromatic rings. The van der Waals surface area contributed by atoms with Crippen molar-refractivity contribution < 1.29 is 4.74 Å². The van der Waals surface area contributed by atoms with Gasteiger partial charge in [0.25, 0.3) is 0 Å². The van der Waals surface area contributed by atoms with Gasteiger partial charge in [0.1, 0.15) is 0 Å². The Morgan fingerprint density at radius 2 is 2.17 bits per heavy atom. The van der Waals surface area contributed by atoms with Gasteiger partial charge in [0.2, 0.25) is 0 Å². The Bertz CT molecular complexity index is 155. The van der Waals surface area contributed by atoms with Gasteiger partial charge in [-0.1, -0.05) is 13.8 Å². The van der Waals surface area contributed by atoms with Crippen molar-refractivity contribution in [3.63, 3.8) is 0 Å². The van der Waals surface area contributed by atoms with Crippen molar-refractivity contribution in [2.24, 2.45) is 11.1 Å². The third-order valence-electron chi connectivity index (χ3n) is 3.16. The number of rotatable bonds is 2. The monoisotopic (exact) mass is 189 g/mol. The normalized spacial score (nSPS) is 35.0. The van der Waals surface area contributed by atoms with Crippen LogP contribution in [-0.4, -0.2) is 30.8 Å². The molecule has 1 aliphatic heterocycles. The van der Waals surface area contributed by atoms with Gasteiger partial charge in [0.15, 0.2) is 0 Å². The summed E-state index contributed by atoms with van der Waals surface area (Å²) in [4.78, 5) is 0. The third kappa shape index (κ3) is 1.50. The molecule has 0 amide bonds. The molecular formula is C9H19NOS. The van der Waals surface area contributed by atoms with Crippen LogP contribution in [0.5, 0.6) is 0 Å². The van der Waals surface area contributed by atoms with Crippen LogP contribution in [0.4, 0.5) is 0 Å². The first-order valence-electron chi connectivity index (χ1n) is 4.41. The molecule has 1 heterocycles. The SMILES string of the molecule is COC1(CN)CSCCC1(C)C. The largest absolute Gasteiger partial charge is 0.375 e. The van der Waals surface area contributed by atoms with Crippen LogP contribution in [-0.2, 0) is 4.74 Å². The van der Waals surface area contributed by atoms with Gasteiger partial charge in [-0.15, -0.1) is 0 Å². The van der Waals surface area contributed by atoms with E-state index in [1.54, 1.807) is 7.11 Å². The molecule has 1 saturated heterocycles. The minimum atomic E-state index is -0.101. The fraction of sp³-hybridized carbons (Fsp3) is 1.00. The van der Waals surface area contributed by atoms with Crippen molar-refractivity contribution in [1.82, 2.24) is 0 Å². The molecule has 0 aromatic carbocycles. The summed E-state index contributed by atoms with van der Waals surface area (Å²) in [5, 5.41) is 0. The van der Waals surface area contributed by atoms with E-state index in [4.69, 9.17) is 10.5 Å². The minimum absolute atomic E-state index is 0.101. The summed E-state index contributed by atoms with van der Waals surface area (Å²) in [7, 11) is 1.78. The standard InChI is InChI=1S/C9H19NOS/c1-8(2)4-5-12-7-9(8,6-10)11-3/h4-7,10H2,1-3H3. The van der Waals surface area contributed by atoms with Gasteiger partial charge < -0.3 is 10.5 Å². The van der Waals surface area contributed by atoms with Crippen LogP contribution in [0.2, 0.25) is 0 Å². The molecule has 0 saturated carbocycles. The van der Waals surface area contributed by atoms with E-state index >= 15 is 0 Å². The lowest BCUT2D eigenvalue weighted by molar-refractivity contribution is -0.0781. The predicted octanol–water partition coefficient (Wildman–Crippen LogP) is 1.49. The van der Waals surface area contributed by atoms with Gasteiger partial charge in [0, 0.05) is 19.4 Å². The Morgan fingerprint density at radius 3 is 2.50 bits per heavy atom. The molecule has 12 heavy (non-hydrogen) atoms. The fourth-order valence-corrected chi connectivity index (χ4v) is 3.50. The molecule has 0 aliphatic carbocycles. The summed E-state index contributed by atoms with van der Waals surface area (Å²) < 4.78 is 5.60. The molecule has 1 fully saturated rings. The van der Waals surface area contributed by atoms with E-state index in [0.29, 0.717) is 6.54 Å². The molecule has 2 nitrogen and oxygen atoms in total. The van der Waals surface area contributed by atoms with E-state index in [2.05, 4.69) is 13.8 Å². The highest BCUT2D eigenvalue weighted by Gasteiger charge is 2.46. The molecule has 2 N–H and O–H groups in total. The molecule has 0 radical (unpaired) electrons. The lowest BCUT2D eigenvalue weighted by Crippen LogP contribution is -2.56. The number of hydrogen-bond donors (Lipinski definition) is 1. The molecule has 0 spiro atoms. The van der Waals surface area contributed by atoms with Crippen LogP contribution in [0.25, 0.3) is 0 Å². The Morgan fingerprint density at radius 1 is 1.50 bits per heavy atom. The van der Waals surface area contributed by atoms with Crippen molar-refractivity contribution in [1.29, 1.82) is 0 Å². The smallest absolute Gasteiger partial charge is 0.0940 e. The van der Waals surface area contributed by atoms with Crippen LogP contribution in [0.1, 0.15) is 20.3 Å². The summed E-state index contributed by atoms with van der Waals surface area (Å²) in [6.45, 7) is 5.13.